The van der Waals surface area contributed by atoms with Crippen LogP contribution in [0.1, 0.15) is 6.42 Å². The maximum Gasteiger partial charge on any atom is 0.228 e. The van der Waals surface area contributed by atoms with Crippen LogP contribution < -0.4 is 4.90 Å². The van der Waals surface area contributed by atoms with Gasteiger partial charge in [0.25, 0.3) is 0 Å². The van der Waals surface area contributed by atoms with Gasteiger partial charge in [-0.3, -0.25) is 4.79 Å². The number of aromatic nitrogens is 1. The number of fused-ring (bicyclic) bond motifs is 1. The molecule has 1 atom stereocenters. The first-order valence-corrected chi connectivity index (χ1v) is 6.69. The Kier molecular flexibility index (Phi) is 2.73. The van der Waals surface area contributed by atoms with Gasteiger partial charge in [-0.15, -0.1) is 23.7 Å². The van der Waals surface area contributed by atoms with Crippen molar-refractivity contribution in [2.45, 2.75) is 6.42 Å². The van der Waals surface area contributed by atoms with Crippen LogP contribution in [0.3, 0.4) is 0 Å². The second-order valence-electron chi connectivity index (χ2n) is 4.19. The quantitative estimate of drug-likeness (QED) is 0.751. The third-order valence-electron chi connectivity index (χ3n) is 3.02. The summed E-state index contributed by atoms with van der Waals surface area (Å²) in [5, 5.41) is 0. The molecule has 0 spiro atoms. The Morgan fingerprint density at radius 3 is 3.11 bits per heavy atom. The normalized spacial score (nSPS) is 19.4. The van der Waals surface area contributed by atoms with Crippen LogP contribution in [0.4, 0.5) is 5.69 Å². The molecule has 1 aliphatic rings. The molecule has 1 amide bonds. The lowest BCUT2D eigenvalue weighted by atomic mass is 10.1. The molecule has 1 aromatic heterocycles. The zero-order valence-electron chi connectivity index (χ0n) is 9.39. The van der Waals surface area contributed by atoms with E-state index in [2.05, 4.69) is 10.9 Å². The molecule has 90 valence electrons. The van der Waals surface area contributed by atoms with E-state index in [1.165, 1.54) is 11.3 Å². The number of rotatable bonds is 1. The van der Waals surface area contributed by atoms with E-state index < -0.39 is 0 Å². The first kappa shape index (κ1) is 11.5. The number of carbonyl (C=O) groups is 1. The van der Waals surface area contributed by atoms with Crippen molar-refractivity contribution in [1.29, 1.82) is 0 Å². The second-order valence-corrected chi connectivity index (χ2v) is 5.80. The van der Waals surface area contributed by atoms with E-state index in [1.807, 2.05) is 18.2 Å². The molecule has 1 aromatic carbocycles. The summed E-state index contributed by atoms with van der Waals surface area (Å²) in [7, 11) is 0. The lowest BCUT2D eigenvalue weighted by Gasteiger charge is -2.15. The summed E-state index contributed by atoms with van der Waals surface area (Å²) in [6, 6.07) is 5.73. The SMILES string of the molecule is C#CC1CC(=O)N(c2ccc3sc(Cl)nc3c2)C1. The highest BCUT2D eigenvalue weighted by atomic mass is 35.5. The van der Waals surface area contributed by atoms with Crippen LogP contribution in [0.2, 0.25) is 4.47 Å². The van der Waals surface area contributed by atoms with Gasteiger partial charge < -0.3 is 4.90 Å². The molecule has 3 nitrogen and oxygen atoms in total. The molecule has 1 fully saturated rings. The van der Waals surface area contributed by atoms with Crippen molar-refractivity contribution in [3.63, 3.8) is 0 Å². The molecule has 0 radical (unpaired) electrons. The van der Waals surface area contributed by atoms with Crippen LogP contribution >= 0.6 is 22.9 Å². The van der Waals surface area contributed by atoms with Crippen LogP contribution in [0.15, 0.2) is 18.2 Å². The third kappa shape index (κ3) is 1.86. The number of anilines is 1. The Morgan fingerprint density at radius 2 is 2.39 bits per heavy atom. The van der Waals surface area contributed by atoms with Crippen molar-refractivity contribution < 1.29 is 4.79 Å². The predicted molar refractivity (Wildman–Crippen MR) is 73.9 cm³/mol. The summed E-state index contributed by atoms with van der Waals surface area (Å²) >= 11 is 7.30. The van der Waals surface area contributed by atoms with Gasteiger partial charge in [-0.1, -0.05) is 11.6 Å². The molecule has 0 bridgehead atoms. The van der Waals surface area contributed by atoms with Gasteiger partial charge in [-0.2, -0.15) is 0 Å². The van der Waals surface area contributed by atoms with Crippen molar-refractivity contribution in [2.75, 3.05) is 11.4 Å². The summed E-state index contributed by atoms with van der Waals surface area (Å²) in [5.41, 5.74) is 1.66. The molecular weight excluding hydrogens is 268 g/mol. The molecule has 2 aromatic rings. The van der Waals surface area contributed by atoms with Crippen molar-refractivity contribution in [3.05, 3.63) is 22.7 Å². The first-order chi connectivity index (χ1) is 8.67. The minimum Gasteiger partial charge on any atom is -0.311 e. The number of terminal acetylenes is 1. The van der Waals surface area contributed by atoms with Gasteiger partial charge in [0, 0.05) is 24.6 Å². The van der Waals surface area contributed by atoms with E-state index in [9.17, 15) is 4.79 Å². The second kappa shape index (κ2) is 4.27. The van der Waals surface area contributed by atoms with Gasteiger partial charge in [-0.25, -0.2) is 4.98 Å². The zero-order chi connectivity index (χ0) is 12.7. The topological polar surface area (TPSA) is 33.2 Å². The summed E-state index contributed by atoms with van der Waals surface area (Å²) in [6.07, 6.45) is 5.80. The third-order valence-corrected chi connectivity index (χ3v) is 4.16. The molecule has 18 heavy (non-hydrogen) atoms. The van der Waals surface area contributed by atoms with E-state index in [1.54, 1.807) is 4.90 Å². The van der Waals surface area contributed by atoms with E-state index in [4.69, 9.17) is 18.0 Å². The number of nitrogens with zero attached hydrogens (tertiary/aromatic N) is 2. The number of hydrogen-bond donors (Lipinski definition) is 0. The maximum atomic E-state index is 11.9. The summed E-state index contributed by atoms with van der Waals surface area (Å²) in [5.74, 6) is 2.71. The largest absolute Gasteiger partial charge is 0.311 e. The maximum absolute atomic E-state index is 11.9. The Bertz CT molecular complexity index is 673. The number of hydrogen-bond acceptors (Lipinski definition) is 3. The minimum atomic E-state index is 0.00668. The van der Waals surface area contributed by atoms with Gasteiger partial charge in [0.15, 0.2) is 4.47 Å². The fourth-order valence-corrected chi connectivity index (χ4v) is 3.14. The molecule has 0 N–H and O–H groups in total. The van der Waals surface area contributed by atoms with Gasteiger partial charge in [0.2, 0.25) is 5.91 Å². The van der Waals surface area contributed by atoms with Crippen LogP contribution in [-0.4, -0.2) is 17.4 Å². The van der Waals surface area contributed by atoms with E-state index in [0.717, 1.165) is 15.9 Å². The van der Waals surface area contributed by atoms with Gasteiger partial charge in [0.05, 0.1) is 10.2 Å². The van der Waals surface area contributed by atoms with Crippen LogP contribution in [0.5, 0.6) is 0 Å². The highest BCUT2D eigenvalue weighted by Crippen LogP contribution is 2.31. The number of carbonyl (C=O) groups excluding carboxylic acids is 1. The van der Waals surface area contributed by atoms with E-state index in [-0.39, 0.29) is 11.8 Å². The minimum absolute atomic E-state index is 0.00668. The Morgan fingerprint density at radius 1 is 1.56 bits per heavy atom. The molecule has 0 saturated carbocycles. The average molecular weight is 277 g/mol. The molecular formula is C13H9ClN2OS. The summed E-state index contributed by atoms with van der Waals surface area (Å²) < 4.78 is 1.53. The monoisotopic (exact) mass is 276 g/mol. The Labute approximate surface area is 113 Å². The lowest BCUT2D eigenvalue weighted by molar-refractivity contribution is -0.117. The number of thiazole rings is 1. The summed E-state index contributed by atoms with van der Waals surface area (Å²) in [4.78, 5) is 17.8. The highest BCUT2D eigenvalue weighted by molar-refractivity contribution is 7.22. The summed E-state index contributed by atoms with van der Waals surface area (Å²) in [6.45, 7) is 0.582. The van der Waals surface area contributed by atoms with Crippen molar-refractivity contribution >= 4 is 44.7 Å². The Balaban J connectivity index is 1.99. The van der Waals surface area contributed by atoms with Crippen LogP contribution in [0.25, 0.3) is 10.2 Å². The number of benzene rings is 1. The van der Waals surface area contributed by atoms with Crippen molar-refractivity contribution in [1.82, 2.24) is 4.98 Å². The zero-order valence-corrected chi connectivity index (χ0v) is 11.0. The highest BCUT2D eigenvalue weighted by Gasteiger charge is 2.29. The lowest BCUT2D eigenvalue weighted by Crippen LogP contribution is -2.24. The number of halogens is 1. The van der Waals surface area contributed by atoms with E-state index in [0.29, 0.717) is 17.4 Å². The molecule has 1 aliphatic heterocycles. The average Bonchev–Trinajstić information content (AvgIpc) is 2.89. The van der Waals surface area contributed by atoms with Gasteiger partial charge in [0.1, 0.15) is 0 Å². The smallest absolute Gasteiger partial charge is 0.228 e. The van der Waals surface area contributed by atoms with E-state index >= 15 is 0 Å². The molecule has 5 heteroatoms. The molecule has 1 saturated heterocycles. The van der Waals surface area contributed by atoms with Crippen LogP contribution in [0, 0.1) is 18.3 Å². The molecule has 3 rings (SSSR count). The molecule has 0 aliphatic carbocycles. The first-order valence-electron chi connectivity index (χ1n) is 5.50. The molecule has 2 heterocycles. The van der Waals surface area contributed by atoms with Crippen molar-refractivity contribution in [2.24, 2.45) is 5.92 Å². The van der Waals surface area contributed by atoms with Gasteiger partial charge >= 0.3 is 0 Å². The van der Waals surface area contributed by atoms with Crippen LogP contribution in [-0.2, 0) is 4.79 Å². The predicted octanol–water partition coefficient (Wildman–Crippen LogP) is 2.94. The molecule has 1 unspecified atom stereocenters. The Hall–Kier alpha value is -1.57. The number of amides is 1. The fraction of sp³-hybridized carbons (Fsp3) is 0.231. The standard InChI is InChI=1S/C13H9ClN2OS/c1-2-8-5-12(17)16(7-8)9-3-4-11-10(6-9)15-13(14)18-11/h1,3-4,6,8H,5,7H2. The van der Waals surface area contributed by atoms with Crippen molar-refractivity contribution in [3.8, 4) is 12.3 Å². The fourth-order valence-electron chi connectivity index (χ4n) is 2.12. The van der Waals surface area contributed by atoms with Gasteiger partial charge in [-0.05, 0) is 18.2 Å².